The molecule has 0 heterocycles. The summed E-state index contributed by atoms with van der Waals surface area (Å²) >= 11 is 5.45. The fourth-order valence-corrected chi connectivity index (χ4v) is 0.919. The molecule has 10 heavy (non-hydrogen) atoms. The normalized spacial score (nSPS) is 9.70. The van der Waals surface area contributed by atoms with Crippen LogP contribution in [0, 0.1) is 6.42 Å². The lowest BCUT2D eigenvalue weighted by molar-refractivity contribution is 0.475. The van der Waals surface area contributed by atoms with Crippen LogP contribution in [0.4, 0.5) is 0 Å². The van der Waals surface area contributed by atoms with Gasteiger partial charge in [0.15, 0.2) is 0 Å². The summed E-state index contributed by atoms with van der Waals surface area (Å²) in [6, 6.07) is 6.98. The molecule has 0 fully saturated rings. The molecule has 0 saturated carbocycles. The van der Waals surface area contributed by atoms with Crippen LogP contribution in [0.2, 0.25) is 0 Å². The van der Waals surface area contributed by atoms with Crippen LogP contribution in [0.5, 0.6) is 5.75 Å². The highest BCUT2D eigenvalue weighted by atomic mass is 35.5. The smallest absolute Gasteiger partial charge is 0.115 e. The van der Waals surface area contributed by atoms with Crippen LogP contribution < -0.4 is 0 Å². The average Bonchev–Trinajstić information content (AvgIpc) is 1.88. The number of rotatable bonds is 2. The number of hydrogen-bond donors (Lipinski definition) is 1. The van der Waals surface area contributed by atoms with Crippen molar-refractivity contribution < 1.29 is 5.11 Å². The molecule has 0 bridgehead atoms. The Morgan fingerprint density at radius 3 is 2.90 bits per heavy atom. The molecule has 1 N–H and O–H groups in total. The van der Waals surface area contributed by atoms with Crippen molar-refractivity contribution in [3.8, 4) is 5.75 Å². The third kappa shape index (κ3) is 1.92. The van der Waals surface area contributed by atoms with E-state index >= 15 is 0 Å². The molecule has 0 unspecified atom stereocenters. The first-order chi connectivity index (χ1) is 4.83. The van der Waals surface area contributed by atoms with Gasteiger partial charge in [-0.3, -0.25) is 0 Å². The molecule has 1 radical (unpaired) electrons. The fraction of sp³-hybridized carbons (Fsp3) is 0.125. The van der Waals surface area contributed by atoms with Crippen molar-refractivity contribution in [2.45, 2.75) is 0 Å². The molecule has 1 aromatic rings. The number of halogens is 1. The molecule has 0 amide bonds. The lowest BCUT2D eigenvalue weighted by Crippen LogP contribution is -1.80. The Bertz CT molecular complexity index is 210. The van der Waals surface area contributed by atoms with Crippen molar-refractivity contribution in [1.82, 2.24) is 0 Å². The van der Waals surface area contributed by atoms with Crippen LogP contribution in [0.1, 0.15) is 5.56 Å². The summed E-state index contributed by atoms with van der Waals surface area (Å²) in [4.78, 5) is 0. The maximum atomic E-state index is 8.98. The summed E-state index contributed by atoms with van der Waals surface area (Å²) in [6.45, 7) is 0. The van der Waals surface area contributed by atoms with Gasteiger partial charge in [0.1, 0.15) is 5.75 Å². The Hall–Kier alpha value is -0.690. The van der Waals surface area contributed by atoms with E-state index in [4.69, 9.17) is 16.7 Å². The molecule has 0 atom stereocenters. The minimum Gasteiger partial charge on any atom is -0.508 e. The molecule has 0 aliphatic rings. The summed E-state index contributed by atoms with van der Waals surface area (Å²) in [5.41, 5.74) is 0.954. The van der Waals surface area contributed by atoms with Crippen LogP contribution in [0.15, 0.2) is 24.3 Å². The van der Waals surface area contributed by atoms with Crippen LogP contribution in [-0.4, -0.2) is 11.0 Å². The quantitative estimate of drug-likeness (QED) is 0.650. The number of benzene rings is 1. The molecule has 0 aliphatic carbocycles. The Morgan fingerprint density at radius 1 is 1.50 bits per heavy atom. The van der Waals surface area contributed by atoms with Gasteiger partial charge in [0.2, 0.25) is 0 Å². The maximum absolute atomic E-state index is 8.98. The predicted molar refractivity (Wildman–Crippen MR) is 42.2 cm³/mol. The fourth-order valence-electron chi connectivity index (χ4n) is 0.741. The van der Waals surface area contributed by atoms with Crippen LogP contribution in [-0.2, 0) is 0 Å². The van der Waals surface area contributed by atoms with Crippen LogP contribution in [0.3, 0.4) is 0 Å². The minimum absolute atomic E-state index is 0.277. The molecule has 1 rings (SSSR count). The molecule has 0 aromatic heterocycles. The lowest BCUT2D eigenvalue weighted by Gasteiger charge is -1.96. The van der Waals surface area contributed by atoms with Gasteiger partial charge >= 0.3 is 0 Å². The van der Waals surface area contributed by atoms with E-state index in [0.717, 1.165) is 5.56 Å². The third-order valence-corrected chi connectivity index (χ3v) is 1.34. The van der Waals surface area contributed by atoms with E-state index in [1.54, 1.807) is 18.2 Å². The van der Waals surface area contributed by atoms with Gasteiger partial charge in [-0.15, -0.1) is 11.6 Å². The average molecular weight is 156 g/mol. The van der Waals surface area contributed by atoms with Gasteiger partial charge in [0, 0.05) is 12.3 Å². The standard InChI is InChI=1S/C8H8ClO/c9-5-4-7-2-1-3-8(10)6-7/h1-4,6,10H,5H2. The van der Waals surface area contributed by atoms with Gasteiger partial charge in [-0.25, -0.2) is 0 Å². The Balaban J connectivity index is 2.75. The van der Waals surface area contributed by atoms with Crippen LogP contribution in [0.25, 0.3) is 0 Å². The molecule has 2 heteroatoms. The summed E-state index contributed by atoms with van der Waals surface area (Å²) < 4.78 is 0. The van der Waals surface area contributed by atoms with Crippen molar-refractivity contribution in [1.29, 1.82) is 0 Å². The second kappa shape index (κ2) is 3.47. The summed E-state index contributed by atoms with van der Waals surface area (Å²) in [6.07, 6.45) is 1.83. The molecule has 0 aliphatic heterocycles. The largest absolute Gasteiger partial charge is 0.508 e. The first-order valence-electron chi connectivity index (χ1n) is 3.01. The zero-order valence-electron chi connectivity index (χ0n) is 5.42. The highest BCUT2D eigenvalue weighted by Gasteiger charge is 1.91. The minimum atomic E-state index is 0.277. The molecule has 0 spiro atoms. The summed E-state index contributed by atoms with van der Waals surface area (Å²) in [5.74, 6) is 0.752. The number of aromatic hydroxyl groups is 1. The lowest BCUT2D eigenvalue weighted by atomic mass is 10.2. The van der Waals surface area contributed by atoms with Gasteiger partial charge in [-0.2, -0.15) is 0 Å². The second-order valence-corrected chi connectivity index (χ2v) is 2.26. The second-order valence-electron chi connectivity index (χ2n) is 1.95. The topological polar surface area (TPSA) is 20.2 Å². The van der Waals surface area contributed by atoms with Crippen molar-refractivity contribution in [2.24, 2.45) is 0 Å². The van der Waals surface area contributed by atoms with Crippen molar-refractivity contribution in [3.05, 3.63) is 36.2 Å². The summed E-state index contributed by atoms with van der Waals surface area (Å²) in [7, 11) is 0. The van der Waals surface area contributed by atoms with Crippen LogP contribution >= 0.6 is 11.6 Å². The van der Waals surface area contributed by atoms with E-state index in [-0.39, 0.29) is 5.75 Å². The van der Waals surface area contributed by atoms with E-state index in [1.165, 1.54) is 0 Å². The van der Waals surface area contributed by atoms with Gasteiger partial charge in [0.05, 0.1) is 0 Å². The zero-order chi connectivity index (χ0) is 7.40. The first kappa shape index (κ1) is 7.42. The van der Waals surface area contributed by atoms with Gasteiger partial charge in [-0.05, 0) is 17.7 Å². The van der Waals surface area contributed by atoms with Crippen molar-refractivity contribution in [3.63, 3.8) is 0 Å². The van der Waals surface area contributed by atoms with Crippen molar-refractivity contribution >= 4 is 11.6 Å². The molecular weight excluding hydrogens is 148 g/mol. The molecular formula is C8H8ClO. The molecule has 1 aromatic carbocycles. The Morgan fingerprint density at radius 2 is 2.30 bits per heavy atom. The van der Waals surface area contributed by atoms with Gasteiger partial charge < -0.3 is 5.11 Å². The van der Waals surface area contributed by atoms with E-state index in [0.29, 0.717) is 5.88 Å². The van der Waals surface area contributed by atoms with E-state index in [9.17, 15) is 0 Å². The zero-order valence-corrected chi connectivity index (χ0v) is 6.17. The van der Waals surface area contributed by atoms with Gasteiger partial charge in [-0.1, -0.05) is 12.1 Å². The highest BCUT2D eigenvalue weighted by molar-refractivity contribution is 6.18. The number of phenolic OH excluding ortho intramolecular Hbond substituents is 1. The van der Waals surface area contributed by atoms with Gasteiger partial charge in [0.25, 0.3) is 0 Å². The first-order valence-corrected chi connectivity index (χ1v) is 3.54. The molecule has 1 nitrogen and oxygen atoms in total. The number of alkyl halides is 1. The highest BCUT2D eigenvalue weighted by Crippen LogP contribution is 2.12. The SMILES string of the molecule is Oc1cccc([CH]CCl)c1. The molecule has 0 saturated heterocycles. The Kier molecular flexibility index (Phi) is 2.57. The van der Waals surface area contributed by atoms with Crippen molar-refractivity contribution in [2.75, 3.05) is 5.88 Å². The molecule has 53 valence electrons. The monoisotopic (exact) mass is 155 g/mol. The predicted octanol–water partition coefficient (Wildman–Crippen LogP) is 2.18. The van der Waals surface area contributed by atoms with E-state index in [1.807, 2.05) is 12.5 Å². The summed E-state index contributed by atoms with van der Waals surface area (Å²) in [5, 5.41) is 8.98. The van der Waals surface area contributed by atoms with E-state index < -0.39 is 0 Å². The van der Waals surface area contributed by atoms with E-state index in [2.05, 4.69) is 0 Å². The maximum Gasteiger partial charge on any atom is 0.115 e. The third-order valence-electron chi connectivity index (χ3n) is 1.18. The Labute approximate surface area is 65.3 Å². The number of hydrogen-bond acceptors (Lipinski definition) is 1. The number of phenols is 1.